The predicted molar refractivity (Wildman–Crippen MR) is 98.7 cm³/mol. The lowest BCUT2D eigenvalue weighted by Crippen LogP contribution is -2.37. The molecule has 1 aliphatic heterocycles. The third kappa shape index (κ3) is 4.67. The van der Waals surface area contributed by atoms with Gasteiger partial charge in [-0.2, -0.15) is 0 Å². The third-order valence-corrected chi connectivity index (χ3v) is 4.14. The molecule has 1 atom stereocenters. The van der Waals surface area contributed by atoms with E-state index in [9.17, 15) is 0 Å². The number of hydrogen-bond donors (Lipinski definition) is 2. The van der Waals surface area contributed by atoms with Crippen LogP contribution in [0.4, 0.5) is 0 Å². The van der Waals surface area contributed by atoms with Crippen molar-refractivity contribution in [3.05, 3.63) is 52.1 Å². The van der Waals surface area contributed by atoms with Gasteiger partial charge in [0, 0.05) is 18.2 Å². The van der Waals surface area contributed by atoms with Crippen molar-refractivity contribution in [3.8, 4) is 11.6 Å². The maximum atomic E-state index is 5.99. The van der Waals surface area contributed by atoms with Crippen LogP contribution in [0.3, 0.4) is 0 Å². The molecule has 0 fully saturated rings. The maximum Gasteiger partial charge on any atom is 0.232 e. The number of halogens is 2. The van der Waals surface area contributed by atoms with Crippen molar-refractivity contribution >= 4 is 29.2 Å². The Kier molecular flexibility index (Phi) is 5.83. The summed E-state index contributed by atoms with van der Waals surface area (Å²) in [5, 5.41) is 4.05. The van der Waals surface area contributed by atoms with Crippen LogP contribution in [0.5, 0.6) is 11.6 Å². The van der Waals surface area contributed by atoms with Gasteiger partial charge in [0.15, 0.2) is 5.96 Å². The SMILES string of the molecule is NC(=NCCOc1ncc(Cl)cc1Cl)NC1CCOc2ccccc21. The molecule has 0 saturated heterocycles. The topological polar surface area (TPSA) is 81.8 Å². The van der Waals surface area contributed by atoms with E-state index in [1.165, 1.54) is 6.20 Å². The van der Waals surface area contributed by atoms with Crippen LogP contribution in [0.1, 0.15) is 18.0 Å². The van der Waals surface area contributed by atoms with E-state index in [0.29, 0.717) is 41.6 Å². The van der Waals surface area contributed by atoms with Gasteiger partial charge in [0.25, 0.3) is 0 Å². The number of nitrogens with two attached hydrogens (primary N) is 1. The van der Waals surface area contributed by atoms with Gasteiger partial charge >= 0.3 is 0 Å². The lowest BCUT2D eigenvalue weighted by Gasteiger charge is -2.26. The molecule has 0 aliphatic carbocycles. The zero-order chi connectivity index (χ0) is 17.6. The van der Waals surface area contributed by atoms with Crippen LogP contribution in [-0.2, 0) is 0 Å². The summed E-state index contributed by atoms with van der Waals surface area (Å²) in [6.07, 6.45) is 2.30. The van der Waals surface area contributed by atoms with Crippen LogP contribution in [-0.4, -0.2) is 30.7 Å². The molecule has 0 amide bonds. The normalized spacial score (nSPS) is 16.7. The Hall–Kier alpha value is -2.18. The fraction of sp³-hybridized carbons (Fsp3) is 0.294. The van der Waals surface area contributed by atoms with Crippen LogP contribution in [0.25, 0.3) is 0 Å². The van der Waals surface area contributed by atoms with Crippen LogP contribution in [0.2, 0.25) is 10.0 Å². The number of benzene rings is 1. The van der Waals surface area contributed by atoms with Gasteiger partial charge < -0.3 is 20.5 Å². The number of fused-ring (bicyclic) bond motifs is 1. The van der Waals surface area contributed by atoms with Crippen molar-refractivity contribution in [1.29, 1.82) is 0 Å². The Morgan fingerprint density at radius 1 is 1.40 bits per heavy atom. The Morgan fingerprint density at radius 2 is 2.24 bits per heavy atom. The van der Waals surface area contributed by atoms with Gasteiger partial charge in [0.2, 0.25) is 5.88 Å². The summed E-state index contributed by atoms with van der Waals surface area (Å²) < 4.78 is 11.1. The predicted octanol–water partition coefficient (Wildman–Crippen LogP) is 3.20. The number of nitrogens with zero attached hydrogens (tertiary/aromatic N) is 2. The first-order chi connectivity index (χ1) is 12.1. The molecule has 6 nitrogen and oxygen atoms in total. The Balaban J connectivity index is 1.51. The highest BCUT2D eigenvalue weighted by atomic mass is 35.5. The summed E-state index contributed by atoms with van der Waals surface area (Å²) in [5.41, 5.74) is 7.06. The minimum Gasteiger partial charge on any atom is -0.493 e. The Labute approximate surface area is 156 Å². The molecule has 3 rings (SSSR count). The number of pyridine rings is 1. The first kappa shape index (κ1) is 17.6. The first-order valence-electron chi connectivity index (χ1n) is 7.85. The molecule has 1 aliphatic rings. The van der Waals surface area contributed by atoms with E-state index >= 15 is 0 Å². The zero-order valence-corrected chi connectivity index (χ0v) is 14.9. The van der Waals surface area contributed by atoms with E-state index in [-0.39, 0.29) is 6.04 Å². The summed E-state index contributed by atoms with van der Waals surface area (Å²) in [4.78, 5) is 8.29. The van der Waals surface area contributed by atoms with Crippen molar-refractivity contribution < 1.29 is 9.47 Å². The number of nitrogens with one attached hydrogen (secondary N) is 1. The second-order valence-corrected chi connectivity index (χ2v) is 6.27. The molecule has 25 heavy (non-hydrogen) atoms. The highest BCUT2D eigenvalue weighted by Gasteiger charge is 2.21. The first-order valence-corrected chi connectivity index (χ1v) is 8.61. The maximum absolute atomic E-state index is 5.99. The number of hydrogen-bond acceptors (Lipinski definition) is 4. The number of rotatable bonds is 5. The van der Waals surface area contributed by atoms with E-state index in [0.717, 1.165) is 17.7 Å². The van der Waals surface area contributed by atoms with Gasteiger partial charge in [0.1, 0.15) is 17.4 Å². The largest absolute Gasteiger partial charge is 0.493 e. The van der Waals surface area contributed by atoms with E-state index < -0.39 is 0 Å². The molecular formula is C17H18Cl2N4O2. The number of ether oxygens (including phenoxy) is 2. The van der Waals surface area contributed by atoms with Gasteiger partial charge in [-0.05, 0) is 12.1 Å². The number of aliphatic imine (C=N–C) groups is 1. The quantitative estimate of drug-likeness (QED) is 0.472. The molecule has 0 spiro atoms. The van der Waals surface area contributed by atoms with Crippen LogP contribution in [0.15, 0.2) is 41.5 Å². The smallest absolute Gasteiger partial charge is 0.232 e. The minimum absolute atomic E-state index is 0.0852. The molecule has 1 aromatic heterocycles. The second kappa shape index (κ2) is 8.27. The molecule has 2 heterocycles. The van der Waals surface area contributed by atoms with E-state index in [1.807, 2.05) is 24.3 Å². The van der Waals surface area contributed by atoms with Crippen molar-refractivity contribution in [2.75, 3.05) is 19.8 Å². The van der Waals surface area contributed by atoms with Gasteiger partial charge in [-0.3, -0.25) is 0 Å². The Bertz CT molecular complexity index is 770. The van der Waals surface area contributed by atoms with Gasteiger partial charge in [0.05, 0.1) is 24.2 Å². The fourth-order valence-electron chi connectivity index (χ4n) is 2.53. The average molecular weight is 381 g/mol. The van der Waals surface area contributed by atoms with E-state index in [2.05, 4.69) is 15.3 Å². The lowest BCUT2D eigenvalue weighted by atomic mass is 10.0. The Morgan fingerprint density at radius 3 is 3.08 bits per heavy atom. The molecule has 132 valence electrons. The number of guanidine groups is 1. The molecule has 0 saturated carbocycles. The van der Waals surface area contributed by atoms with E-state index in [1.54, 1.807) is 6.07 Å². The molecule has 0 radical (unpaired) electrons. The molecule has 2 aromatic rings. The summed E-state index contributed by atoms with van der Waals surface area (Å²) >= 11 is 11.8. The monoisotopic (exact) mass is 380 g/mol. The molecular weight excluding hydrogens is 363 g/mol. The van der Waals surface area contributed by atoms with Crippen molar-refractivity contribution in [2.45, 2.75) is 12.5 Å². The summed E-state index contributed by atoms with van der Waals surface area (Å²) in [6.45, 7) is 1.33. The number of aromatic nitrogens is 1. The zero-order valence-electron chi connectivity index (χ0n) is 13.4. The van der Waals surface area contributed by atoms with Gasteiger partial charge in [-0.1, -0.05) is 41.4 Å². The summed E-state index contributed by atoms with van der Waals surface area (Å²) in [5.74, 6) is 1.57. The summed E-state index contributed by atoms with van der Waals surface area (Å²) in [7, 11) is 0. The minimum atomic E-state index is 0.0852. The van der Waals surface area contributed by atoms with Crippen LogP contribution in [0, 0.1) is 0 Å². The van der Waals surface area contributed by atoms with Crippen molar-refractivity contribution in [3.63, 3.8) is 0 Å². The molecule has 0 bridgehead atoms. The summed E-state index contributed by atoms with van der Waals surface area (Å²) in [6, 6.07) is 9.57. The van der Waals surface area contributed by atoms with E-state index in [4.69, 9.17) is 38.4 Å². The van der Waals surface area contributed by atoms with Crippen LogP contribution < -0.4 is 20.5 Å². The second-order valence-electron chi connectivity index (χ2n) is 5.43. The number of para-hydroxylation sites is 1. The molecule has 3 N–H and O–H groups in total. The highest BCUT2D eigenvalue weighted by Crippen LogP contribution is 2.31. The molecule has 1 unspecified atom stereocenters. The lowest BCUT2D eigenvalue weighted by molar-refractivity contribution is 0.262. The third-order valence-electron chi connectivity index (χ3n) is 3.67. The van der Waals surface area contributed by atoms with Gasteiger partial charge in [-0.15, -0.1) is 0 Å². The van der Waals surface area contributed by atoms with Crippen molar-refractivity contribution in [2.24, 2.45) is 10.7 Å². The van der Waals surface area contributed by atoms with Gasteiger partial charge in [-0.25, -0.2) is 9.98 Å². The van der Waals surface area contributed by atoms with Crippen LogP contribution >= 0.6 is 23.2 Å². The standard InChI is InChI=1S/C17H18Cl2N4O2/c18-11-9-13(19)16(22-10-11)25-8-6-21-17(20)23-14-5-7-24-15-4-2-1-3-12(14)15/h1-4,9-10,14H,5-8H2,(H3,20,21,23). The van der Waals surface area contributed by atoms with Crippen molar-refractivity contribution in [1.82, 2.24) is 10.3 Å². The highest BCUT2D eigenvalue weighted by molar-refractivity contribution is 6.35. The average Bonchev–Trinajstić information content (AvgIpc) is 2.60. The fourth-order valence-corrected chi connectivity index (χ4v) is 2.97. The molecule has 8 heteroatoms. The molecule has 1 aromatic carbocycles.